The van der Waals surface area contributed by atoms with E-state index in [1.807, 2.05) is 27.0 Å². The van der Waals surface area contributed by atoms with Crippen molar-refractivity contribution < 1.29 is 4.79 Å². The highest BCUT2D eigenvalue weighted by atomic mass is 16.2. The molecule has 5 nitrogen and oxygen atoms in total. The number of carbonyl (C=O) groups is 1. The van der Waals surface area contributed by atoms with Crippen LogP contribution in [0.3, 0.4) is 0 Å². The molecule has 0 aliphatic carbocycles. The van der Waals surface area contributed by atoms with Gasteiger partial charge in [-0.05, 0) is 32.0 Å². The van der Waals surface area contributed by atoms with Crippen molar-refractivity contribution in [1.29, 1.82) is 0 Å². The number of amides is 1. The summed E-state index contributed by atoms with van der Waals surface area (Å²) < 4.78 is 2.07. The van der Waals surface area contributed by atoms with Crippen LogP contribution in [0.2, 0.25) is 0 Å². The van der Waals surface area contributed by atoms with Crippen LogP contribution in [0.15, 0.2) is 35.7 Å². The van der Waals surface area contributed by atoms with Crippen LogP contribution in [0.1, 0.15) is 27.3 Å². The van der Waals surface area contributed by atoms with Gasteiger partial charge in [0.25, 0.3) is 5.91 Å². The lowest BCUT2D eigenvalue weighted by molar-refractivity contribution is 0.0955. The van der Waals surface area contributed by atoms with E-state index in [-0.39, 0.29) is 5.91 Å². The topological polar surface area (TPSA) is 59.3 Å². The monoisotopic (exact) mass is 256 g/mol. The molecule has 0 bridgehead atoms. The van der Waals surface area contributed by atoms with Crippen LogP contribution in [-0.2, 0) is 7.05 Å². The molecule has 2 heterocycles. The Hall–Kier alpha value is -2.43. The zero-order valence-corrected chi connectivity index (χ0v) is 11.2. The fourth-order valence-electron chi connectivity index (χ4n) is 1.74. The molecule has 0 fully saturated rings. The van der Waals surface area contributed by atoms with Gasteiger partial charge in [-0.3, -0.25) is 9.78 Å². The quantitative estimate of drug-likeness (QED) is 0.672. The lowest BCUT2D eigenvalue weighted by Gasteiger charge is -1.99. The second kappa shape index (κ2) is 5.48. The Bertz CT molecular complexity index is 614. The Morgan fingerprint density at radius 2 is 2.26 bits per heavy atom. The molecule has 0 unspecified atom stereocenters. The van der Waals surface area contributed by atoms with Crippen molar-refractivity contribution >= 4 is 12.1 Å². The Morgan fingerprint density at radius 1 is 1.47 bits per heavy atom. The number of hydrogen-bond acceptors (Lipinski definition) is 3. The van der Waals surface area contributed by atoms with E-state index in [4.69, 9.17) is 0 Å². The standard InChI is InChI=1S/C14H16N4O/c1-10-7-13(11(2)18(10)3)9-16-17-14(19)12-5-4-6-15-8-12/h4-9H,1-3H3,(H,17,19)/b16-9-. The second-order valence-electron chi connectivity index (χ2n) is 4.33. The molecular formula is C14H16N4O. The van der Waals surface area contributed by atoms with Gasteiger partial charge in [-0.2, -0.15) is 5.10 Å². The molecule has 0 aromatic carbocycles. The first kappa shape index (κ1) is 13.0. The average Bonchev–Trinajstić information content (AvgIpc) is 2.67. The zero-order valence-electron chi connectivity index (χ0n) is 11.2. The Morgan fingerprint density at radius 3 is 2.84 bits per heavy atom. The van der Waals surface area contributed by atoms with E-state index in [2.05, 4.69) is 20.1 Å². The Labute approximate surface area is 112 Å². The molecule has 2 aromatic rings. The summed E-state index contributed by atoms with van der Waals surface area (Å²) in [6.07, 6.45) is 4.77. The fraction of sp³-hybridized carbons (Fsp3) is 0.214. The summed E-state index contributed by atoms with van der Waals surface area (Å²) in [5.41, 5.74) is 6.22. The van der Waals surface area contributed by atoms with Crippen LogP contribution >= 0.6 is 0 Å². The van der Waals surface area contributed by atoms with Gasteiger partial charge in [0, 0.05) is 36.4 Å². The third-order valence-corrected chi connectivity index (χ3v) is 3.11. The van der Waals surface area contributed by atoms with Crippen LogP contribution in [0.4, 0.5) is 0 Å². The molecule has 1 N–H and O–H groups in total. The summed E-state index contributed by atoms with van der Waals surface area (Å²) in [6, 6.07) is 5.42. The fourth-order valence-corrected chi connectivity index (χ4v) is 1.74. The molecule has 0 atom stereocenters. The van der Waals surface area contributed by atoms with Crippen molar-refractivity contribution in [1.82, 2.24) is 15.0 Å². The first-order valence-corrected chi connectivity index (χ1v) is 5.96. The minimum Gasteiger partial charge on any atom is -0.352 e. The maximum Gasteiger partial charge on any atom is 0.272 e. The summed E-state index contributed by atoms with van der Waals surface area (Å²) in [5.74, 6) is -0.269. The van der Waals surface area contributed by atoms with E-state index in [0.717, 1.165) is 17.0 Å². The van der Waals surface area contributed by atoms with E-state index in [1.165, 1.54) is 6.20 Å². The lowest BCUT2D eigenvalue weighted by atomic mass is 10.3. The van der Waals surface area contributed by atoms with Crippen molar-refractivity contribution in [3.63, 3.8) is 0 Å². The largest absolute Gasteiger partial charge is 0.352 e. The average molecular weight is 256 g/mol. The summed E-state index contributed by atoms with van der Waals surface area (Å²) in [4.78, 5) is 15.6. The van der Waals surface area contributed by atoms with Crippen LogP contribution < -0.4 is 5.43 Å². The van der Waals surface area contributed by atoms with Crippen LogP contribution in [0.25, 0.3) is 0 Å². The summed E-state index contributed by atoms with van der Waals surface area (Å²) in [7, 11) is 2.00. The molecule has 0 saturated carbocycles. The first-order chi connectivity index (χ1) is 9.09. The van der Waals surface area contributed by atoms with E-state index >= 15 is 0 Å². The van der Waals surface area contributed by atoms with Gasteiger partial charge >= 0.3 is 0 Å². The molecule has 2 rings (SSSR count). The molecule has 2 aromatic heterocycles. The van der Waals surface area contributed by atoms with Crippen molar-refractivity contribution in [2.24, 2.45) is 12.1 Å². The first-order valence-electron chi connectivity index (χ1n) is 5.96. The van der Waals surface area contributed by atoms with Gasteiger partial charge in [-0.15, -0.1) is 0 Å². The predicted molar refractivity (Wildman–Crippen MR) is 74.2 cm³/mol. The predicted octanol–water partition coefficient (Wildman–Crippen LogP) is 1.80. The van der Waals surface area contributed by atoms with Gasteiger partial charge in [0.2, 0.25) is 0 Å². The number of aryl methyl sites for hydroxylation is 1. The van der Waals surface area contributed by atoms with Crippen molar-refractivity contribution in [3.05, 3.63) is 53.1 Å². The number of pyridine rings is 1. The number of aromatic nitrogens is 2. The Kier molecular flexibility index (Phi) is 3.75. The minimum absolute atomic E-state index is 0.269. The van der Waals surface area contributed by atoms with Gasteiger partial charge in [0.1, 0.15) is 0 Å². The van der Waals surface area contributed by atoms with E-state index in [1.54, 1.807) is 24.5 Å². The van der Waals surface area contributed by atoms with Gasteiger partial charge in [-0.1, -0.05) is 0 Å². The number of nitrogens with zero attached hydrogens (tertiary/aromatic N) is 3. The highest BCUT2D eigenvalue weighted by Crippen LogP contribution is 2.10. The molecule has 0 aliphatic heterocycles. The van der Waals surface area contributed by atoms with Crippen LogP contribution in [0.5, 0.6) is 0 Å². The molecule has 1 amide bonds. The minimum atomic E-state index is -0.269. The maximum atomic E-state index is 11.7. The highest BCUT2D eigenvalue weighted by molar-refractivity contribution is 5.94. The highest BCUT2D eigenvalue weighted by Gasteiger charge is 2.05. The van der Waals surface area contributed by atoms with Crippen molar-refractivity contribution in [2.75, 3.05) is 0 Å². The molecule has 0 radical (unpaired) electrons. The lowest BCUT2D eigenvalue weighted by Crippen LogP contribution is -2.17. The molecule has 0 spiro atoms. The third-order valence-electron chi connectivity index (χ3n) is 3.11. The van der Waals surface area contributed by atoms with Crippen LogP contribution in [0, 0.1) is 13.8 Å². The number of rotatable bonds is 3. The molecule has 19 heavy (non-hydrogen) atoms. The smallest absolute Gasteiger partial charge is 0.272 e. The molecule has 0 saturated heterocycles. The number of hydrazone groups is 1. The molecule has 0 aliphatic rings. The third kappa shape index (κ3) is 2.88. The molecular weight excluding hydrogens is 240 g/mol. The summed E-state index contributed by atoms with van der Waals surface area (Å²) >= 11 is 0. The van der Waals surface area contributed by atoms with Gasteiger partial charge < -0.3 is 4.57 Å². The van der Waals surface area contributed by atoms with E-state index in [0.29, 0.717) is 5.56 Å². The van der Waals surface area contributed by atoms with Crippen LogP contribution in [-0.4, -0.2) is 21.7 Å². The van der Waals surface area contributed by atoms with Gasteiger partial charge in [0.15, 0.2) is 0 Å². The Balaban J connectivity index is 2.04. The summed E-state index contributed by atoms with van der Waals surface area (Å²) in [6.45, 7) is 4.04. The molecule has 98 valence electrons. The SMILES string of the molecule is Cc1cc(/C=N\NC(=O)c2cccnc2)c(C)n1C. The number of carbonyl (C=O) groups excluding carboxylic acids is 1. The zero-order chi connectivity index (χ0) is 13.8. The van der Waals surface area contributed by atoms with Gasteiger partial charge in [0.05, 0.1) is 11.8 Å². The summed E-state index contributed by atoms with van der Waals surface area (Å²) in [5, 5.41) is 3.97. The normalized spacial score (nSPS) is 10.9. The number of hydrogen-bond donors (Lipinski definition) is 1. The van der Waals surface area contributed by atoms with E-state index < -0.39 is 0 Å². The van der Waals surface area contributed by atoms with Crippen molar-refractivity contribution in [3.8, 4) is 0 Å². The van der Waals surface area contributed by atoms with Gasteiger partial charge in [-0.25, -0.2) is 5.43 Å². The number of nitrogens with one attached hydrogen (secondary N) is 1. The second-order valence-corrected chi connectivity index (χ2v) is 4.33. The van der Waals surface area contributed by atoms with Crippen molar-refractivity contribution in [2.45, 2.75) is 13.8 Å². The maximum absolute atomic E-state index is 11.7. The molecule has 5 heteroatoms. The van der Waals surface area contributed by atoms with E-state index in [9.17, 15) is 4.79 Å².